The van der Waals surface area contributed by atoms with Gasteiger partial charge in [-0.15, -0.1) is 0 Å². The van der Waals surface area contributed by atoms with Gasteiger partial charge >= 0.3 is 0 Å². The van der Waals surface area contributed by atoms with Gasteiger partial charge in [-0.05, 0) is 24.3 Å². The predicted octanol–water partition coefficient (Wildman–Crippen LogP) is 5.26. The third-order valence-corrected chi connectivity index (χ3v) is 5.19. The van der Waals surface area contributed by atoms with Crippen molar-refractivity contribution in [3.05, 3.63) is 51.5 Å². The molecule has 2 aromatic carbocycles. The topological polar surface area (TPSA) is 46.9 Å². The number of para-hydroxylation sites is 2. The summed E-state index contributed by atoms with van der Waals surface area (Å²) in [7, 11) is 1.92. The smallest absolute Gasteiger partial charge is 0.234 e. The van der Waals surface area contributed by atoms with Gasteiger partial charge in [-0.2, -0.15) is 0 Å². The lowest BCUT2D eigenvalue weighted by Gasteiger charge is -2.09. The Morgan fingerprint density at radius 3 is 2.54 bits per heavy atom. The average molecular weight is 401 g/mol. The summed E-state index contributed by atoms with van der Waals surface area (Å²) < 4.78 is 1.95. The molecule has 0 saturated heterocycles. The van der Waals surface area contributed by atoms with Gasteiger partial charge in [0.05, 0.1) is 32.5 Å². The van der Waals surface area contributed by atoms with Crippen molar-refractivity contribution in [3.63, 3.8) is 0 Å². The van der Waals surface area contributed by atoms with Crippen molar-refractivity contribution >= 4 is 69.2 Å². The van der Waals surface area contributed by atoms with Crippen LogP contribution < -0.4 is 5.32 Å². The predicted molar refractivity (Wildman–Crippen MR) is 102 cm³/mol. The number of fused-ring (bicyclic) bond motifs is 1. The lowest BCUT2D eigenvalue weighted by molar-refractivity contribution is -0.113. The van der Waals surface area contributed by atoms with Crippen LogP contribution in [0.2, 0.25) is 15.1 Å². The van der Waals surface area contributed by atoms with Crippen LogP contribution in [0.1, 0.15) is 0 Å². The third-order valence-electron chi connectivity index (χ3n) is 3.35. The number of rotatable bonds is 4. The molecule has 0 fully saturated rings. The number of thioether (sulfide) groups is 1. The molecule has 0 aliphatic carbocycles. The van der Waals surface area contributed by atoms with Crippen molar-refractivity contribution in [3.8, 4) is 0 Å². The first-order chi connectivity index (χ1) is 11.5. The van der Waals surface area contributed by atoms with Crippen LogP contribution in [0.3, 0.4) is 0 Å². The number of aromatic nitrogens is 2. The van der Waals surface area contributed by atoms with Crippen LogP contribution in [0.5, 0.6) is 0 Å². The molecule has 0 aliphatic heterocycles. The first-order valence-corrected chi connectivity index (χ1v) is 9.06. The molecule has 3 rings (SSSR count). The molecule has 0 unspecified atom stereocenters. The molecule has 24 heavy (non-hydrogen) atoms. The second-order valence-corrected chi connectivity index (χ2v) is 7.22. The molecule has 1 heterocycles. The molecule has 0 atom stereocenters. The van der Waals surface area contributed by atoms with Crippen LogP contribution in [0.25, 0.3) is 11.0 Å². The molecule has 1 amide bonds. The van der Waals surface area contributed by atoms with Gasteiger partial charge in [0, 0.05) is 12.1 Å². The first kappa shape index (κ1) is 17.4. The van der Waals surface area contributed by atoms with Gasteiger partial charge in [-0.3, -0.25) is 4.79 Å². The van der Waals surface area contributed by atoms with Crippen molar-refractivity contribution in [2.24, 2.45) is 7.05 Å². The molecule has 3 aromatic rings. The number of carbonyl (C=O) groups is 1. The van der Waals surface area contributed by atoms with Gasteiger partial charge in [0.1, 0.15) is 0 Å². The summed E-state index contributed by atoms with van der Waals surface area (Å²) in [5, 5.41) is 4.49. The molecule has 1 aromatic heterocycles. The summed E-state index contributed by atoms with van der Waals surface area (Å²) in [4.78, 5) is 16.7. The quantitative estimate of drug-likeness (QED) is 0.607. The maximum atomic E-state index is 12.2. The van der Waals surface area contributed by atoms with Crippen LogP contribution in [0.15, 0.2) is 41.6 Å². The van der Waals surface area contributed by atoms with Crippen molar-refractivity contribution in [1.29, 1.82) is 0 Å². The Morgan fingerprint density at radius 2 is 1.88 bits per heavy atom. The van der Waals surface area contributed by atoms with Crippen molar-refractivity contribution in [1.82, 2.24) is 9.55 Å². The van der Waals surface area contributed by atoms with E-state index in [9.17, 15) is 4.79 Å². The SMILES string of the molecule is Cn1c(SCC(=O)Nc2c(Cl)cc(Cl)cc2Cl)nc2ccccc21. The van der Waals surface area contributed by atoms with Crippen LogP contribution in [-0.2, 0) is 11.8 Å². The van der Waals surface area contributed by atoms with E-state index in [-0.39, 0.29) is 11.7 Å². The van der Waals surface area contributed by atoms with Crippen molar-refractivity contribution in [2.45, 2.75) is 5.16 Å². The minimum absolute atomic E-state index is 0.187. The van der Waals surface area contributed by atoms with Gasteiger partial charge < -0.3 is 9.88 Å². The molecule has 0 saturated carbocycles. The van der Waals surface area contributed by atoms with E-state index in [4.69, 9.17) is 34.8 Å². The van der Waals surface area contributed by atoms with Gasteiger partial charge in [-0.1, -0.05) is 58.7 Å². The highest BCUT2D eigenvalue weighted by atomic mass is 35.5. The highest BCUT2D eigenvalue weighted by Crippen LogP contribution is 2.34. The zero-order valence-corrected chi connectivity index (χ0v) is 15.6. The highest BCUT2D eigenvalue weighted by molar-refractivity contribution is 7.99. The Hall–Kier alpha value is -1.40. The molecule has 1 N–H and O–H groups in total. The zero-order chi connectivity index (χ0) is 17.3. The second kappa shape index (κ2) is 7.23. The number of nitrogens with zero attached hydrogens (tertiary/aromatic N) is 2. The molecule has 0 spiro atoms. The summed E-state index contributed by atoms with van der Waals surface area (Å²) in [6.07, 6.45) is 0. The summed E-state index contributed by atoms with van der Waals surface area (Å²) in [6, 6.07) is 10.9. The molecule has 4 nitrogen and oxygen atoms in total. The summed E-state index contributed by atoms with van der Waals surface area (Å²) in [6.45, 7) is 0. The number of nitrogens with one attached hydrogen (secondary N) is 1. The zero-order valence-electron chi connectivity index (χ0n) is 12.5. The van der Waals surface area contributed by atoms with E-state index in [1.165, 1.54) is 23.9 Å². The number of benzene rings is 2. The Morgan fingerprint density at radius 1 is 1.21 bits per heavy atom. The molecule has 0 radical (unpaired) electrons. The van der Waals surface area contributed by atoms with Gasteiger partial charge in [0.25, 0.3) is 0 Å². The molecular weight excluding hydrogens is 389 g/mol. The Bertz CT molecular complexity index is 903. The van der Waals surface area contributed by atoms with Crippen molar-refractivity contribution < 1.29 is 4.79 Å². The van der Waals surface area contributed by atoms with E-state index < -0.39 is 0 Å². The Labute approximate surface area is 158 Å². The molecule has 124 valence electrons. The lowest BCUT2D eigenvalue weighted by atomic mass is 10.3. The highest BCUT2D eigenvalue weighted by Gasteiger charge is 2.14. The van der Waals surface area contributed by atoms with Gasteiger partial charge in [-0.25, -0.2) is 4.98 Å². The standard InChI is InChI=1S/C16H12Cl3N3OS/c1-22-13-5-3-2-4-12(13)20-16(22)24-8-14(23)21-15-10(18)6-9(17)7-11(15)19/h2-7H,8H2,1H3,(H,21,23). The maximum Gasteiger partial charge on any atom is 0.234 e. The van der Waals surface area contributed by atoms with E-state index in [2.05, 4.69) is 10.3 Å². The average Bonchev–Trinajstić information content (AvgIpc) is 2.85. The normalized spacial score (nSPS) is 11.0. The van der Waals surface area contributed by atoms with Crippen LogP contribution >= 0.6 is 46.6 Å². The maximum absolute atomic E-state index is 12.2. The lowest BCUT2D eigenvalue weighted by Crippen LogP contribution is -2.15. The van der Waals surface area contributed by atoms with E-state index in [0.717, 1.165) is 16.2 Å². The summed E-state index contributed by atoms with van der Waals surface area (Å²) in [5.74, 6) is -0.0370. The van der Waals surface area contributed by atoms with Gasteiger partial charge in [0.2, 0.25) is 5.91 Å². The largest absolute Gasteiger partial charge is 0.323 e. The second-order valence-electron chi connectivity index (χ2n) is 5.02. The molecule has 0 aliphatic rings. The minimum Gasteiger partial charge on any atom is -0.323 e. The Kier molecular flexibility index (Phi) is 5.25. The van der Waals surface area contributed by atoms with E-state index in [1.807, 2.05) is 35.9 Å². The number of aryl methyl sites for hydroxylation is 1. The fraction of sp³-hybridized carbons (Fsp3) is 0.125. The molecular formula is C16H12Cl3N3OS. The summed E-state index contributed by atoms with van der Waals surface area (Å²) in [5.41, 5.74) is 2.27. The fourth-order valence-electron chi connectivity index (χ4n) is 2.22. The Balaban J connectivity index is 1.70. The minimum atomic E-state index is -0.224. The van der Waals surface area contributed by atoms with E-state index in [1.54, 1.807) is 0 Å². The van der Waals surface area contributed by atoms with Crippen LogP contribution in [0, 0.1) is 0 Å². The third kappa shape index (κ3) is 3.64. The van der Waals surface area contributed by atoms with E-state index in [0.29, 0.717) is 20.8 Å². The number of hydrogen-bond donors (Lipinski definition) is 1. The number of carbonyl (C=O) groups excluding carboxylic acids is 1. The summed E-state index contributed by atoms with van der Waals surface area (Å²) >= 11 is 19.3. The van der Waals surface area contributed by atoms with Gasteiger partial charge in [0.15, 0.2) is 5.16 Å². The molecule has 0 bridgehead atoms. The van der Waals surface area contributed by atoms with Crippen LogP contribution in [-0.4, -0.2) is 21.2 Å². The number of hydrogen-bond acceptors (Lipinski definition) is 3. The fourth-order valence-corrected chi connectivity index (χ4v) is 3.92. The van der Waals surface area contributed by atoms with Crippen molar-refractivity contribution in [2.75, 3.05) is 11.1 Å². The number of amides is 1. The van der Waals surface area contributed by atoms with E-state index >= 15 is 0 Å². The number of imidazole rings is 1. The van der Waals surface area contributed by atoms with Crippen LogP contribution in [0.4, 0.5) is 5.69 Å². The monoisotopic (exact) mass is 399 g/mol. The number of anilines is 1. The first-order valence-electron chi connectivity index (χ1n) is 6.94. The molecule has 8 heteroatoms. The number of halogens is 3.